The van der Waals surface area contributed by atoms with Gasteiger partial charge in [0.15, 0.2) is 0 Å². The first-order valence-electron chi connectivity index (χ1n) is 8.98. The molecule has 0 saturated carbocycles. The number of carbonyl (C=O) groups is 1. The van der Waals surface area contributed by atoms with Crippen molar-refractivity contribution < 1.29 is 35.9 Å². The molecule has 0 unspecified atom stereocenters. The Labute approximate surface area is 176 Å². The highest BCUT2D eigenvalue weighted by Crippen LogP contribution is 2.37. The number of hydrogen-bond donors (Lipinski definition) is 2. The number of nitrogens with zero attached hydrogens (tertiary/aromatic N) is 1. The minimum absolute atomic E-state index is 0. The van der Waals surface area contributed by atoms with E-state index in [1.807, 2.05) is 0 Å². The maximum Gasteiger partial charge on any atom is 0.416 e. The van der Waals surface area contributed by atoms with Gasteiger partial charge in [-0.3, -0.25) is 4.72 Å². The minimum Gasteiger partial charge on any atom is -0.545 e. The summed E-state index contributed by atoms with van der Waals surface area (Å²) < 4.78 is 80.8. The van der Waals surface area contributed by atoms with Gasteiger partial charge in [-0.2, -0.15) is 13.2 Å². The summed E-state index contributed by atoms with van der Waals surface area (Å²) in [7, 11) is -4.59. The van der Waals surface area contributed by atoms with E-state index in [1.165, 1.54) is 6.07 Å². The van der Waals surface area contributed by atoms with Crippen LogP contribution in [0.25, 0.3) is 0 Å². The first-order valence-corrected chi connectivity index (χ1v) is 10.5. The molecule has 2 aromatic rings. The monoisotopic (exact) mass is 463 g/mol. The Bertz CT molecular complexity index is 1070. The summed E-state index contributed by atoms with van der Waals surface area (Å²) in [6, 6.07) is 4.54. The first kappa shape index (κ1) is 24.4. The molecule has 170 valence electrons. The van der Waals surface area contributed by atoms with Crippen molar-refractivity contribution in [1.82, 2.24) is 6.15 Å². The van der Waals surface area contributed by atoms with Crippen molar-refractivity contribution in [3.8, 4) is 0 Å². The number of nitrogens with one attached hydrogen (secondary N) is 1. The normalized spacial score (nSPS) is 14.6. The average molecular weight is 463 g/mol. The Morgan fingerprint density at radius 1 is 1.03 bits per heavy atom. The largest absolute Gasteiger partial charge is 0.545 e. The van der Waals surface area contributed by atoms with Gasteiger partial charge in [0.1, 0.15) is 5.82 Å². The van der Waals surface area contributed by atoms with Crippen LogP contribution in [0.1, 0.15) is 35.2 Å². The number of rotatable bonds is 5. The van der Waals surface area contributed by atoms with Crippen LogP contribution in [-0.4, -0.2) is 27.5 Å². The Morgan fingerprint density at radius 2 is 1.68 bits per heavy atom. The van der Waals surface area contributed by atoms with Crippen LogP contribution < -0.4 is 20.9 Å². The molecule has 0 bridgehead atoms. The maximum absolute atomic E-state index is 13.7. The molecule has 1 saturated heterocycles. The number of hydrogen-bond acceptors (Lipinski definition) is 5. The van der Waals surface area contributed by atoms with Crippen LogP contribution in [0.5, 0.6) is 0 Å². The highest BCUT2D eigenvalue weighted by atomic mass is 32.2. The van der Waals surface area contributed by atoms with Crippen LogP contribution in [0, 0.1) is 5.82 Å². The van der Waals surface area contributed by atoms with E-state index in [1.54, 1.807) is 4.90 Å². The van der Waals surface area contributed by atoms with Crippen LogP contribution in [0.2, 0.25) is 0 Å². The smallest absolute Gasteiger partial charge is 0.416 e. The summed E-state index contributed by atoms with van der Waals surface area (Å²) in [5.41, 5.74) is -1.85. The minimum atomic E-state index is -4.71. The number of sulfonamides is 1. The van der Waals surface area contributed by atoms with Gasteiger partial charge in [-0.25, -0.2) is 12.8 Å². The van der Waals surface area contributed by atoms with E-state index in [4.69, 9.17) is 0 Å². The lowest BCUT2D eigenvalue weighted by molar-refractivity contribution is -0.255. The van der Waals surface area contributed by atoms with Crippen molar-refractivity contribution in [3.63, 3.8) is 0 Å². The van der Waals surface area contributed by atoms with Crippen molar-refractivity contribution in [2.24, 2.45) is 0 Å². The zero-order chi connectivity index (χ0) is 22.1. The third-order valence-electron chi connectivity index (χ3n) is 4.68. The Hall–Kier alpha value is -2.86. The fourth-order valence-corrected chi connectivity index (χ4v) is 4.36. The Balaban J connectivity index is 0.00000341. The second kappa shape index (κ2) is 9.10. The molecule has 1 heterocycles. The quantitative estimate of drug-likeness (QED) is 0.658. The lowest BCUT2D eigenvalue weighted by Gasteiger charge is -2.31. The van der Waals surface area contributed by atoms with E-state index in [-0.39, 0.29) is 17.5 Å². The predicted molar refractivity (Wildman–Crippen MR) is 105 cm³/mol. The molecule has 1 fully saturated rings. The van der Waals surface area contributed by atoms with E-state index in [0.717, 1.165) is 25.3 Å². The number of alkyl halides is 3. The fraction of sp³-hybridized carbons (Fsp3) is 0.316. The molecule has 12 heteroatoms. The van der Waals surface area contributed by atoms with Gasteiger partial charge in [0.05, 0.1) is 27.8 Å². The molecular weight excluding hydrogens is 442 g/mol. The van der Waals surface area contributed by atoms with Crippen molar-refractivity contribution in [2.45, 2.75) is 30.3 Å². The average Bonchev–Trinajstić information content (AvgIpc) is 2.67. The lowest BCUT2D eigenvalue weighted by Crippen LogP contribution is -2.30. The van der Waals surface area contributed by atoms with E-state index >= 15 is 0 Å². The molecule has 2 aromatic carbocycles. The third-order valence-corrected chi connectivity index (χ3v) is 6.03. The van der Waals surface area contributed by atoms with Gasteiger partial charge >= 0.3 is 6.18 Å². The van der Waals surface area contributed by atoms with Crippen LogP contribution in [-0.2, 0) is 16.2 Å². The number of piperidine rings is 1. The number of halogens is 4. The third kappa shape index (κ3) is 5.64. The molecule has 0 atom stereocenters. The molecule has 5 N–H and O–H groups in total. The number of anilines is 2. The highest BCUT2D eigenvalue weighted by Gasteiger charge is 2.32. The van der Waals surface area contributed by atoms with Gasteiger partial charge < -0.3 is 21.0 Å². The number of carboxylic acids is 1. The van der Waals surface area contributed by atoms with E-state index in [9.17, 15) is 35.9 Å². The molecule has 0 aromatic heterocycles. The van der Waals surface area contributed by atoms with Crippen LogP contribution in [0.15, 0.2) is 41.3 Å². The second-order valence-electron chi connectivity index (χ2n) is 6.85. The number of benzene rings is 2. The van der Waals surface area contributed by atoms with Crippen molar-refractivity contribution >= 4 is 27.4 Å². The molecule has 7 nitrogen and oxygen atoms in total. The summed E-state index contributed by atoms with van der Waals surface area (Å²) in [4.78, 5) is 12.0. The molecule has 0 radical (unpaired) electrons. The molecule has 3 rings (SSSR count). The molecule has 1 aliphatic heterocycles. The van der Waals surface area contributed by atoms with Gasteiger partial charge in [0, 0.05) is 18.7 Å². The van der Waals surface area contributed by atoms with E-state index in [2.05, 4.69) is 4.72 Å². The van der Waals surface area contributed by atoms with E-state index < -0.39 is 44.0 Å². The summed E-state index contributed by atoms with van der Waals surface area (Å²) >= 11 is 0. The standard InChI is InChI=1S/C19H18F4N2O4S.H3N/c20-14-8-12(18(26)27)9-15(11-14)30(28,29)24-16-10-13(19(21,22)23)4-5-17(16)25-6-2-1-3-7-25;/h4-5,8-11,24H,1-3,6-7H2,(H,26,27);1H3. The Morgan fingerprint density at radius 3 is 2.26 bits per heavy atom. The molecule has 1 aliphatic rings. The SMILES string of the molecule is O=C([O-])c1cc(F)cc(S(=O)(=O)Nc2cc(C(F)(F)F)ccc2N2CCCCC2)c1.[NH4+]. The fourth-order valence-electron chi connectivity index (χ4n) is 3.24. The maximum atomic E-state index is 13.7. The summed E-state index contributed by atoms with van der Waals surface area (Å²) in [6.07, 6.45) is -2.16. The second-order valence-corrected chi connectivity index (χ2v) is 8.53. The topological polar surface area (TPSA) is 126 Å². The van der Waals surface area contributed by atoms with Crippen LogP contribution >= 0.6 is 0 Å². The predicted octanol–water partition coefficient (Wildman–Crippen LogP) is 3.38. The molecule has 0 spiro atoms. The highest BCUT2D eigenvalue weighted by molar-refractivity contribution is 7.92. The van der Waals surface area contributed by atoms with Gasteiger partial charge in [-0.05, 0) is 55.7 Å². The zero-order valence-electron chi connectivity index (χ0n) is 16.5. The van der Waals surface area contributed by atoms with Gasteiger partial charge in [-0.15, -0.1) is 0 Å². The van der Waals surface area contributed by atoms with E-state index in [0.29, 0.717) is 37.4 Å². The van der Waals surface area contributed by atoms with Crippen molar-refractivity contribution in [1.29, 1.82) is 0 Å². The molecule has 0 amide bonds. The lowest BCUT2D eigenvalue weighted by atomic mass is 10.1. The summed E-state index contributed by atoms with van der Waals surface area (Å²) in [6.45, 7) is 1.07. The summed E-state index contributed by atoms with van der Waals surface area (Å²) in [5, 5.41) is 11.0. The number of aromatic carboxylic acids is 1. The number of carboxylic acid groups (broad SMARTS) is 1. The van der Waals surface area contributed by atoms with Gasteiger partial charge in [-0.1, -0.05) is 0 Å². The van der Waals surface area contributed by atoms with Crippen LogP contribution in [0.3, 0.4) is 0 Å². The molecular formula is C19H21F4N3O4S. The zero-order valence-corrected chi connectivity index (χ0v) is 17.3. The number of quaternary nitrogens is 1. The van der Waals surface area contributed by atoms with Gasteiger partial charge in [0.25, 0.3) is 10.0 Å². The first-order chi connectivity index (χ1) is 14.0. The molecule has 31 heavy (non-hydrogen) atoms. The van der Waals surface area contributed by atoms with Gasteiger partial charge in [0.2, 0.25) is 0 Å². The van der Waals surface area contributed by atoms with Crippen molar-refractivity contribution in [3.05, 3.63) is 53.3 Å². The molecule has 0 aliphatic carbocycles. The summed E-state index contributed by atoms with van der Waals surface area (Å²) in [5.74, 6) is -2.93. The van der Waals surface area contributed by atoms with Crippen molar-refractivity contribution in [2.75, 3.05) is 22.7 Å². The number of carbonyl (C=O) groups excluding carboxylic acids is 1. The van der Waals surface area contributed by atoms with Crippen LogP contribution in [0.4, 0.5) is 28.9 Å². The Kier molecular flexibility index (Phi) is 7.17.